The van der Waals surface area contributed by atoms with Gasteiger partial charge in [-0.25, -0.2) is 13.1 Å². The highest BCUT2D eigenvalue weighted by atomic mass is 32.2. The third-order valence-electron chi connectivity index (χ3n) is 2.92. The molecule has 0 radical (unpaired) electrons. The molecule has 4 N–H and O–H groups in total. The zero-order chi connectivity index (χ0) is 12.9. The molecule has 1 rings (SSSR count). The Bertz CT molecular complexity index is 347. The van der Waals surface area contributed by atoms with Gasteiger partial charge in [0.1, 0.15) is 0 Å². The van der Waals surface area contributed by atoms with Crippen LogP contribution in [-0.2, 0) is 14.8 Å². The monoisotopic (exact) mass is 264 g/mol. The molecule has 1 saturated carbocycles. The molecular formula is C10H20N2O4S. The number of rotatable bonds is 6. The van der Waals surface area contributed by atoms with Gasteiger partial charge in [-0.1, -0.05) is 0 Å². The number of nitrogens with two attached hydrogens (primary N) is 1. The van der Waals surface area contributed by atoms with Crippen molar-refractivity contribution in [2.75, 3.05) is 5.75 Å². The van der Waals surface area contributed by atoms with Crippen LogP contribution >= 0.6 is 0 Å². The number of aliphatic carboxylic acids is 1. The van der Waals surface area contributed by atoms with E-state index in [-0.39, 0.29) is 30.7 Å². The number of nitrogens with one attached hydrogen (secondary N) is 1. The van der Waals surface area contributed by atoms with Gasteiger partial charge in [0.25, 0.3) is 0 Å². The Balaban J connectivity index is 2.31. The SMILES string of the molecule is NC1CCC(NS(=O)(=O)CCCC(=O)O)CC1. The van der Waals surface area contributed by atoms with Gasteiger partial charge in [0.15, 0.2) is 0 Å². The summed E-state index contributed by atoms with van der Waals surface area (Å²) in [6.07, 6.45) is 3.23. The molecule has 0 bridgehead atoms. The van der Waals surface area contributed by atoms with E-state index in [1.807, 2.05) is 0 Å². The highest BCUT2D eigenvalue weighted by Gasteiger charge is 2.22. The van der Waals surface area contributed by atoms with Crippen molar-refractivity contribution in [3.63, 3.8) is 0 Å². The molecule has 17 heavy (non-hydrogen) atoms. The molecule has 1 aliphatic carbocycles. The first-order valence-electron chi connectivity index (χ1n) is 5.86. The summed E-state index contributed by atoms with van der Waals surface area (Å²) in [5.41, 5.74) is 5.73. The molecule has 0 aromatic rings. The first kappa shape index (κ1) is 14.4. The molecule has 0 aliphatic heterocycles. The molecule has 0 aromatic carbocycles. The molecular weight excluding hydrogens is 244 g/mol. The van der Waals surface area contributed by atoms with Crippen LogP contribution in [0.4, 0.5) is 0 Å². The quantitative estimate of drug-likeness (QED) is 0.627. The summed E-state index contributed by atoms with van der Waals surface area (Å²) in [6, 6.07) is 0.146. The number of carboxylic acids is 1. The molecule has 0 atom stereocenters. The van der Waals surface area contributed by atoms with Crippen LogP contribution in [0.3, 0.4) is 0 Å². The first-order valence-corrected chi connectivity index (χ1v) is 7.51. The Hall–Kier alpha value is -0.660. The molecule has 0 amide bonds. The van der Waals surface area contributed by atoms with Crippen molar-refractivity contribution >= 4 is 16.0 Å². The zero-order valence-electron chi connectivity index (χ0n) is 9.76. The number of hydrogen-bond donors (Lipinski definition) is 3. The predicted octanol–water partition coefficient (Wildman–Crippen LogP) is 0.0405. The summed E-state index contributed by atoms with van der Waals surface area (Å²) < 4.78 is 25.9. The molecule has 1 fully saturated rings. The highest BCUT2D eigenvalue weighted by Crippen LogP contribution is 2.17. The lowest BCUT2D eigenvalue weighted by atomic mass is 9.93. The van der Waals surface area contributed by atoms with Gasteiger partial charge in [0, 0.05) is 18.5 Å². The second kappa shape index (κ2) is 6.32. The zero-order valence-corrected chi connectivity index (χ0v) is 10.6. The Morgan fingerprint density at radius 3 is 2.41 bits per heavy atom. The van der Waals surface area contributed by atoms with E-state index < -0.39 is 16.0 Å². The molecule has 7 heteroatoms. The van der Waals surface area contributed by atoms with Gasteiger partial charge in [-0.15, -0.1) is 0 Å². The second-order valence-electron chi connectivity index (χ2n) is 4.55. The van der Waals surface area contributed by atoms with Crippen LogP contribution in [0.25, 0.3) is 0 Å². The molecule has 0 spiro atoms. The minimum Gasteiger partial charge on any atom is -0.481 e. The van der Waals surface area contributed by atoms with Crippen molar-refractivity contribution in [3.8, 4) is 0 Å². The van der Waals surface area contributed by atoms with Crippen LogP contribution < -0.4 is 10.5 Å². The fourth-order valence-corrected chi connectivity index (χ4v) is 3.35. The fourth-order valence-electron chi connectivity index (χ4n) is 1.96. The minimum absolute atomic E-state index is 0.0374. The minimum atomic E-state index is -3.35. The van der Waals surface area contributed by atoms with E-state index in [9.17, 15) is 13.2 Å². The van der Waals surface area contributed by atoms with E-state index in [0.29, 0.717) is 0 Å². The molecule has 0 saturated heterocycles. The maximum absolute atomic E-state index is 11.6. The lowest BCUT2D eigenvalue weighted by Gasteiger charge is -2.26. The molecule has 1 aliphatic rings. The predicted molar refractivity (Wildman–Crippen MR) is 64.0 cm³/mol. The van der Waals surface area contributed by atoms with Crippen molar-refractivity contribution in [1.29, 1.82) is 0 Å². The third kappa shape index (κ3) is 5.99. The Morgan fingerprint density at radius 2 is 1.88 bits per heavy atom. The number of carboxylic acid groups (broad SMARTS) is 1. The summed E-state index contributed by atoms with van der Waals surface area (Å²) in [6.45, 7) is 0. The van der Waals surface area contributed by atoms with Crippen molar-refractivity contribution in [3.05, 3.63) is 0 Å². The van der Waals surface area contributed by atoms with Crippen molar-refractivity contribution < 1.29 is 18.3 Å². The standard InChI is InChI=1S/C10H20N2O4S/c11-8-3-5-9(6-4-8)12-17(15,16)7-1-2-10(13)14/h8-9,12H,1-7,11H2,(H,13,14). The van der Waals surface area contributed by atoms with E-state index >= 15 is 0 Å². The fraction of sp³-hybridized carbons (Fsp3) is 0.900. The number of hydrogen-bond acceptors (Lipinski definition) is 4. The van der Waals surface area contributed by atoms with Gasteiger partial charge in [-0.2, -0.15) is 0 Å². The molecule has 0 heterocycles. The molecule has 0 unspecified atom stereocenters. The van der Waals surface area contributed by atoms with E-state index in [4.69, 9.17) is 10.8 Å². The third-order valence-corrected chi connectivity index (χ3v) is 4.44. The van der Waals surface area contributed by atoms with E-state index in [0.717, 1.165) is 25.7 Å². The normalized spacial score (nSPS) is 25.7. The van der Waals surface area contributed by atoms with Crippen molar-refractivity contribution in [2.45, 2.75) is 50.6 Å². The van der Waals surface area contributed by atoms with Gasteiger partial charge in [-0.05, 0) is 32.1 Å². The largest absolute Gasteiger partial charge is 0.481 e. The first-order chi connectivity index (χ1) is 7.89. The van der Waals surface area contributed by atoms with Crippen LogP contribution in [0.5, 0.6) is 0 Å². The van der Waals surface area contributed by atoms with Gasteiger partial charge in [0.05, 0.1) is 5.75 Å². The summed E-state index contributed by atoms with van der Waals surface area (Å²) in [4.78, 5) is 10.3. The summed E-state index contributed by atoms with van der Waals surface area (Å²) >= 11 is 0. The number of sulfonamides is 1. The smallest absolute Gasteiger partial charge is 0.303 e. The average molecular weight is 264 g/mol. The maximum Gasteiger partial charge on any atom is 0.303 e. The van der Waals surface area contributed by atoms with Crippen LogP contribution in [0.15, 0.2) is 0 Å². The van der Waals surface area contributed by atoms with Crippen LogP contribution in [0.2, 0.25) is 0 Å². The highest BCUT2D eigenvalue weighted by molar-refractivity contribution is 7.89. The lowest BCUT2D eigenvalue weighted by Crippen LogP contribution is -2.41. The van der Waals surface area contributed by atoms with Gasteiger partial charge in [0.2, 0.25) is 10.0 Å². The van der Waals surface area contributed by atoms with Crippen LogP contribution in [0.1, 0.15) is 38.5 Å². The number of carbonyl (C=O) groups is 1. The van der Waals surface area contributed by atoms with E-state index in [1.165, 1.54) is 0 Å². The summed E-state index contributed by atoms with van der Waals surface area (Å²) in [5.74, 6) is -1.09. The van der Waals surface area contributed by atoms with Crippen molar-refractivity contribution in [1.82, 2.24) is 4.72 Å². The van der Waals surface area contributed by atoms with E-state index in [1.54, 1.807) is 0 Å². The molecule has 100 valence electrons. The Morgan fingerprint density at radius 1 is 1.29 bits per heavy atom. The topological polar surface area (TPSA) is 109 Å². The lowest BCUT2D eigenvalue weighted by molar-refractivity contribution is -0.137. The van der Waals surface area contributed by atoms with Crippen molar-refractivity contribution in [2.24, 2.45) is 5.73 Å². The Kier molecular flexibility index (Phi) is 5.35. The summed E-state index contributed by atoms with van der Waals surface area (Å²) in [7, 11) is -3.35. The Labute approximate surface area is 102 Å². The van der Waals surface area contributed by atoms with Gasteiger partial charge < -0.3 is 10.8 Å². The van der Waals surface area contributed by atoms with Crippen LogP contribution in [0, 0.1) is 0 Å². The molecule has 6 nitrogen and oxygen atoms in total. The van der Waals surface area contributed by atoms with Gasteiger partial charge in [-0.3, -0.25) is 4.79 Å². The van der Waals surface area contributed by atoms with E-state index in [2.05, 4.69) is 4.72 Å². The van der Waals surface area contributed by atoms with Crippen LogP contribution in [-0.4, -0.2) is 37.3 Å². The summed E-state index contributed by atoms with van der Waals surface area (Å²) in [5, 5.41) is 8.43. The average Bonchev–Trinajstić information content (AvgIpc) is 2.20. The maximum atomic E-state index is 11.6. The van der Waals surface area contributed by atoms with Gasteiger partial charge >= 0.3 is 5.97 Å². The molecule has 0 aromatic heterocycles. The second-order valence-corrected chi connectivity index (χ2v) is 6.42.